The SMILES string of the molecule is Cc1ccccc1[N-]C[C@](C)(C[N-]c1c(C)cccc1C)c1ccccn1.[CH3-].[CH3-].[Zr+4]. The van der Waals surface area contributed by atoms with Gasteiger partial charge in [0.15, 0.2) is 0 Å². The summed E-state index contributed by atoms with van der Waals surface area (Å²) in [5.74, 6) is 0. The molecule has 3 rings (SSSR count). The third kappa shape index (κ3) is 6.81. The van der Waals surface area contributed by atoms with E-state index in [0.29, 0.717) is 13.1 Å². The van der Waals surface area contributed by atoms with Crippen LogP contribution in [0.5, 0.6) is 0 Å². The Hall–Kier alpha value is -1.93. The van der Waals surface area contributed by atoms with Gasteiger partial charge in [0.2, 0.25) is 0 Å². The Kier molecular flexibility index (Phi) is 11.9. The molecule has 0 saturated carbocycles. The molecule has 0 unspecified atom stereocenters. The summed E-state index contributed by atoms with van der Waals surface area (Å²) in [5.41, 5.74) is 6.47. The second-order valence-electron chi connectivity index (χ2n) is 7.43. The Morgan fingerprint density at radius 1 is 0.733 bits per heavy atom. The van der Waals surface area contributed by atoms with E-state index in [9.17, 15) is 0 Å². The quantitative estimate of drug-likeness (QED) is 0.323. The molecule has 0 saturated heterocycles. The van der Waals surface area contributed by atoms with Crippen LogP contribution in [0.25, 0.3) is 10.6 Å². The van der Waals surface area contributed by atoms with Gasteiger partial charge in [-0.2, -0.15) is 0 Å². The summed E-state index contributed by atoms with van der Waals surface area (Å²) in [4.78, 5) is 4.62. The molecule has 0 radical (unpaired) electrons. The van der Waals surface area contributed by atoms with Gasteiger partial charge in [-0.1, -0.05) is 72.1 Å². The van der Waals surface area contributed by atoms with Crippen LogP contribution >= 0.6 is 0 Å². The van der Waals surface area contributed by atoms with Gasteiger partial charge in [-0.25, -0.2) is 0 Å². The number of hydrogen-bond donors (Lipinski definition) is 0. The fourth-order valence-corrected chi connectivity index (χ4v) is 3.24. The molecule has 0 aliphatic rings. The number of para-hydroxylation sites is 2. The molecule has 4 heteroatoms. The van der Waals surface area contributed by atoms with Gasteiger partial charge in [-0.3, -0.25) is 4.98 Å². The summed E-state index contributed by atoms with van der Waals surface area (Å²) in [5, 5.41) is 9.90. The topological polar surface area (TPSA) is 41.1 Å². The molecule has 0 amide bonds. The summed E-state index contributed by atoms with van der Waals surface area (Å²) in [6.07, 6.45) is 1.85. The molecule has 0 aliphatic heterocycles. The Morgan fingerprint density at radius 3 is 1.90 bits per heavy atom. The van der Waals surface area contributed by atoms with Crippen LogP contribution < -0.4 is 0 Å². The maximum absolute atomic E-state index is 4.99. The number of hydrogen-bond acceptors (Lipinski definition) is 1. The molecule has 0 aliphatic carbocycles. The molecule has 0 N–H and O–H groups in total. The molecule has 0 fully saturated rings. The minimum Gasteiger partial charge on any atom is -0.683 e. The van der Waals surface area contributed by atoms with E-state index in [1.54, 1.807) is 0 Å². The number of benzene rings is 2. The molecule has 1 heterocycles. The van der Waals surface area contributed by atoms with E-state index in [1.165, 1.54) is 16.7 Å². The second-order valence-corrected chi connectivity index (χ2v) is 7.43. The molecule has 1 atom stereocenters. The second kappa shape index (κ2) is 12.7. The van der Waals surface area contributed by atoms with Crippen molar-refractivity contribution >= 4 is 11.4 Å². The fraction of sp³-hybridized carbons (Fsp3) is 0.269. The Morgan fingerprint density at radius 2 is 1.30 bits per heavy atom. The van der Waals surface area contributed by atoms with Crippen LogP contribution in [0.15, 0.2) is 66.9 Å². The first-order chi connectivity index (χ1) is 13.0. The normalized spacial score (nSPS) is 11.7. The van der Waals surface area contributed by atoms with Crippen LogP contribution in [0.2, 0.25) is 0 Å². The zero-order valence-corrected chi connectivity index (χ0v) is 21.6. The van der Waals surface area contributed by atoms with E-state index in [4.69, 9.17) is 10.6 Å². The standard InChI is InChI=1S/C24H27N3.2CH3.Zr/c1-18-10-5-6-13-21(18)26-16-24(4,22-14-7-8-15-25-22)17-27-23-19(2)11-9-12-20(23)3;;;/h5-15H,16-17H2,1-4H3;2*1H3;/q-2;2*-1;+4/t24-;;;/m1.../s1. The zero-order chi connectivity index (χ0) is 19.3. The van der Waals surface area contributed by atoms with Crippen LogP contribution in [0.1, 0.15) is 29.3 Å². The smallest absolute Gasteiger partial charge is 0.683 e. The minimum absolute atomic E-state index is 0. The van der Waals surface area contributed by atoms with E-state index in [0.717, 1.165) is 17.1 Å². The molecule has 156 valence electrons. The first kappa shape index (κ1) is 28.1. The van der Waals surface area contributed by atoms with Gasteiger partial charge in [0, 0.05) is 11.9 Å². The van der Waals surface area contributed by atoms with Crippen molar-refractivity contribution in [2.45, 2.75) is 33.1 Å². The zero-order valence-electron chi connectivity index (χ0n) is 19.1. The Balaban J connectivity index is 0.00000280. The van der Waals surface area contributed by atoms with Crippen molar-refractivity contribution in [3.63, 3.8) is 0 Å². The predicted molar refractivity (Wildman–Crippen MR) is 127 cm³/mol. The number of aromatic nitrogens is 1. The molecule has 3 aromatic rings. The predicted octanol–water partition coefficient (Wildman–Crippen LogP) is 7.57. The maximum atomic E-state index is 4.99. The molecule has 1 aromatic heterocycles. The molecule has 3 nitrogen and oxygen atoms in total. The minimum atomic E-state index is -0.266. The third-order valence-corrected chi connectivity index (χ3v) is 5.02. The van der Waals surface area contributed by atoms with Gasteiger partial charge in [0.25, 0.3) is 0 Å². The van der Waals surface area contributed by atoms with E-state index in [-0.39, 0.29) is 46.5 Å². The van der Waals surface area contributed by atoms with Crippen molar-refractivity contribution in [3.05, 3.63) is 115 Å². The number of rotatable bonds is 7. The summed E-state index contributed by atoms with van der Waals surface area (Å²) in [6.45, 7) is 9.81. The number of pyridine rings is 1. The molecular weight excluding hydrogens is 446 g/mol. The monoisotopic (exact) mass is 477 g/mol. The number of aryl methyl sites for hydroxylation is 3. The molecular formula is C26H33N3Zr. The van der Waals surface area contributed by atoms with Gasteiger partial charge < -0.3 is 25.5 Å². The van der Waals surface area contributed by atoms with Crippen molar-refractivity contribution < 1.29 is 26.2 Å². The molecule has 30 heavy (non-hydrogen) atoms. The van der Waals surface area contributed by atoms with E-state index in [1.807, 2.05) is 30.5 Å². The van der Waals surface area contributed by atoms with Crippen LogP contribution in [0, 0.1) is 35.6 Å². The van der Waals surface area contributed by atoms with Crippen molar-refractivity contribution in [1.82, 2.24) is 4.98 Å². The molecule has 2 aromatic carbocycles. The molecule has 0 spiro atoms. The average molecular weight is 479 g/mol. The summed E-state index contributed by atoms with van der Waals surface area (Å²) in [7, 11) is 0. The first-order valence-electron chi connectivity index (χ1n) is 9.38. The van der Waals surface area contributed by atoms with Crippen LogP contribution in [0.4, 0.5) is 11.4 Å². The van der Waals surface area contributed by atoms with E-state index in [2.05, 4.69) is 69.1 Å². The third-order valence-electron chi connectivity index (χ3n) is 5.02. The van der Waals surface area contributed by atoms with Crippen molar-refractivity contribution in [2.24, 2.45) is 0 Å². The Labute approximate surface area is 202 Å². The van der Waals surface area contributed by atoms with Crippen LogP contribution in [-0.2, 0) is 31.6 Å². The number of nitrogens with zero attached hydrogens (tertiary/aromatic N) is 3. The van der Waals surface area contributed by atoms with Gasteiger partial charge >= 0.3 is 26.2 Å². The summed E-state index contributed by atoms with van der Waals surface area (Å²) in [6, 6.07) is 20.6. The van der Waals surface area contributed by atoms with Crippen molar-refractivity contribution in [2.75, 3.05) is 13.1 Å². The first-order valence-corrected chi connectivity index (χ1v) is 9.38. The van der Waals surface area contributed by atoms with Gasteiger partial charge in [-0.15, -0.1) is 24.5 Å². The average Bonchev–Trinajstić information content (AvgIpc) is 2.68. The Bertz CT molecular complexity index is 876. The van der Waals surface area contributed by atoms with Crippen molar-refractivity contribution in [1.29, 1.82) is 0 Å². The maximum Gasteiger partial charge on any atom is 4.00 e. The van der Waals surface area contributed by atoms with E-state index < -0.39 is 0 Å². The van der Waals surface area contributed by atoms with Crippen LogP contribution in [0.3, 0.4) is 0 Å². The summed E-state index contributed by atoms with van der Waals surface area (Å²) < 4.78 is 0. The van der Waals surface area contributed by atoms with Crippen LogP contribution in [-0.4, -0.2) is 18.1 Å². The molecule has 0 bridgehead atoms. The fourth-order valence-electron chi connectivity index (χ4n) is 3.24. The largest absolute Gasteiger partial charge is 4.00 e. The van der Waals surface area contributed by atoms with Gasteiger partial charge in [-0.05, 0) is 38.3 Å². The van der Waals surface area contributed by atoms with Gasteiger partial charge in [0.05, 0.1) is 0 Å². The van der Waals surface area contributed by atoms with Crippen molar-refractivity contribution in [3.8, 4) is 0 Å². The van der Waals surface area contributed by atoms with E-state index >= 15 is 0 Å². The van der Waals surface area contributed by atoms with Gasteiger partial charge in [0.1, 0.15) is 0 Å². The summed E-state index contributed by atoms with van der Waals surface area (Å²) >= 11 is 0.